The average molecular weight is 603 g/mol. The Balaban J connectivity index is 1.44. The second-order valence-electron chi connectivity index (χ2n) is 8.91. The molecule has 0 aliphatic carbocycles. The Kier molecular flexibility index (Phi) is 7.87. The molecule has 0 fully saturated rings. The minimum atomic E-state index is -4.97. The molecule has 5 rings (SSSR count). The third kappa shape index (κ3) is 6.21. The van der Waals surface area contributed by atoms with E-state index in [-0.39, 0.29) is 35.0 Å². The third-order valence-corrected chi connectivity index (χ3v) is 6.20. The smallest absolute Gasteiger partial charge is 0.382 e. The van der Waals surface area contributed by atoms with Crippen molar-refractivity contribution < 1.29 is 27.5 Å². The normalized spacial score (nSPS) is 12.3. The van der Waals surface area contributed by atoms with Gasteiger partial charge >= 0.3 is 11.9 Å². The highest BCUT2D eigenvalue weighted by atomic mass is 35.5. The van der Waals surface area contributed by atoms with E-state index in [1.54, 1.807) is 18.2 Å². The quantitative estimate of drug-likeness (QED) is 0.259. The molecule has 2 aromatic carbocycles. The summed E-state index contributed by atoms with van der Waals surface area (Å²) in [5.41, 5.74) is -0.0623. The van der Waals surface area contributed by atoms with Crippen LogP contribution in [0.5, 0.6) is 0 Å². The number of benzene rings is 2. The van der Waals surface area contributed by atoms with Crippen LogP contribution in [0.3, 0.4) is 0 Å². The van der Waals surface area contributed by atoms with E-state index in [0.717, 1.165) is 16.9 Å². The molecule has 11 nitrogen and oxygen atoms in total. The molecule has 0 spiro atoms. The van der Waals surface area contributed by atoms with Crippen LogP contribution < -0.4 is 11.0 Å². The standard InChI is InChI=1S/C26H19ClF4N8O3/c27-16-7-5-15(6-8-16)23-36-38(25(42)37(23)12-21(40)26(29,30)31)13-22-33-14-39(35-22)20-4-2-1-3-19(20)24(41)34-18-9-17(28)10-32-11-18/h1-11,14,21,40H,12-13H2,(H,34,41)/t21-/m0/s1. The summed E-state index contributed by atoms with van der Waals surface area (Å²) in [5.74, 6) is -1.30. The predicted molar refractivity (Wildman–Crippen MR) is 142 cm³/mol. The number of nitrogens with zero attached hydrogens (tertiary/aromatic N) is 7. The van der Waals surface area contributed by atoms with Gasteiger partial charge in [0.05, 0.1) is 35.9 Å². The van der Waals surface area contributed by atoms with Crippen LogP contribution in [-0.2, 0) is 13.1 Å². The largest absolute Gasteiger partial charge is 0.416 e. The molecule has 0 saturated heterocycles. The SMILES string of the molecule is O=C(Nc1cncc(F)c1)c1ccccc1-n1cnc(Cn2nc(-c3ccc(Cl)cc3)n(C[C@H](O)C(F)(F)F)c2=O)n1. The van der Waals surface area contributed by atoms with E-state index >= 15 is 0 Å². The molecule has 2 N–H and O–H groups in total. The van der Waals surface area contributed by atoms with Crippen LogP contribution in [0.15, 0.2) is 78.1 Å². The summed E-state index contributed by atoms with van der Waals surface area (Å²) < 4.78 is 55.7. The van der Waals surface area contributed by atoms with Gasteiger partial charge in [-0.1, -0.05) is 23.7 Å². The first-order valence-electron chi connectivity index (χ1n) is 12.1. The Hall–Kier alpha value is -4.89. The summed E-state index contributed by atoms with van der Waals surface area (Å²) in [5, 5.41) is 21.0. The first-order valence-corrected chi connectivity index (χ1v) is 12.5. The molecule has 216 valence electrons. The summed E-state index contributed by atoms with van der Waals surface area (Å²) in [6.07, 6.45) is -4.24. The van der Waals surface area contributed by atoms with Gasteiger partial charge in [-0.05, 0) is 36.4 Å². The second kappa shape index (κ2) is 11.5. The third-order valence-electron chi connectivity index (χ3n) is 5.95. The monoisotopic (exact) mass is 602 g/mol. The molecule has 0 unspecified atom stereocenters. The molecule has 0 saturated carbocycles. The van der Waals surface area contributed by atoms with E-state index in [4.69, 9.17) is 11.6 Å². The van der Waals surface area contributed by atoms with Gasteiger partial charge in [0.25, 0.3) is 5.91 Å². The number of anilines is 1. The van der Waals surface area contributed by atoms with Gasteiger partial charge in [-0.2, -0.15) is 13.2 Å². The summed E-state index contributed by atoms with van der Waals surface area (Å²) >= 11 is 5.91. The Labute approximate surface area is 238 Å². The zero-order valence-corrected chi connectivity index (χ0v) is 22.0. The number of carbonyl (C=O) groups excluding carboxylic acids is 1. The maximum Gasteiger partial charge on any atom is 0.416 e. The lowest BCUT2D eigenvalue weighted by molar-refractivity contribution is -0.207. The minimum absolute atomic E-state index is 0.0466. The number of carbonyl (C=O) groups is 1. The molecule has 16 heteroatoms. The van der Waals surface area contributed by atoms with Gasteiger partial charge in [0, 0.05) is 16.7 Å². The van der Waals surface area contributed by atoms with Crippen molar-refractivity contribution in [3.05, 3.63) is 106 Å². The van der Waals surface area contributed by atoms with E-state index in [1.165, 1.54) is 47.5 Å². The average Bonchev–Trinajstić information content (AvgIpc) is 3.53. The molecule has 3 heterocycles. The lowest BCUT2D eigenvalue weighted by Crippen LogP contribution is -2.37. The van der Waals surface area contributed by atoms with E-state index in [1.807, 2.05) is 0 Å². The van der Waals surface area contributed by atoms with Gasteiger partial charge in [0.1, 0.15) is 18.7 Å². The molecular formula is C26H19ClF4N8O3. The minimum Gasteiger partial charge on any atom is -0.382 e. The molecule has 42 heavy (non-hydrogen) atoms. The fourth-order valence-electron chi connectivity index (χ4n) is 3.96. The van der Waals surface area contributed by atoms with Gasteiger partial charge in [-0.25, -0.2) is 23.5 Å². The number of aliphatic hydroxyl groups is 1. The molecule has 1 atom stereocenters. The molecule has 0 aliphatic heterocycles. The molecule has 0 bridgehead atoms. The molecule has 1 amide bonds. The summed E-state index contributed by atoms with van der Waals surface area (Å²) in [6, 6.07) is 13.3. The van der Waals surface area contributed by atoms with Crippen molar-refractivity contribution in [3.63, 3.8) is 0 Å². The number of rotatable bonds is 8. The molecule has 0 aliphatic rings. The maximum atomic E-state index is 13.5. The van der Waals surface area contributed by atoms with Crippen LogP contribution >= 0.6 is 11.6 Å². The van der Waals surface area contributed by atoms with Gasteiger partial charge in [0.2, 0.25) is 0 Å². The summed E-state index contributed by atoms with van der Waals surface area (Å²) in [4.78, 5) is 33.9. The van der Waals surface area contributed by atoms with Crippen LogP contribution in [0.1, 0.15) is 16.2 Å². The summed E-state index contributed by atoms with van der Waals surface area (Å²) in [6.45, 7) is -1.43. The van der Waals surface area contributed by atoms with Crippen LogP contribution in [0.4, 0.5) is 23.2 Å². The van der Waals surface area contributed by atoms with Crippen LogP contribution in [-0.4, -0.2) is 57.4 Å². The van der Waals surface area contributed by atoms with E-state index in [2.05, 4.69) is 25.5 Å². The maximum absolute atomic E-state index is 13.5. The van der Waals surface area contributed by atoms with Gasteiger partial charge in [-0.15, -0.1) is 10.2 Å². The van der Waals surface area contributed by atoms with E-state index in [9.17, 15) is 32.3 Å². The summed E-state index contributed by atoms with van der Waals surface area (Å²) in [7, 11) is 0. The van der Waals surface area contributed by atoms with Crippen LogP contribution in [0, 0.1) is 5.82 Å². The van der Waals surface area contributed by atoms with Crippen molar-refractivity contribution in [2.45, 2.75) is 25.4 Å². The predicted octanol–water partition coefficient (Wildman–Crippen LogP) is 3.70. The lowest BCUT2D eigenvalue weighted by atomic mass is 10.1. The van der Waals surface area contributed by atoms with Gasteiger partial charge < -0.3 is 10.4 Å². The van der Waals surface area contributed by atoms with Crippen LogP contribution in [0.2, 0.25) is 5.02 Å². The number of aliphatic hydroxyl groups excluding tert-OH is 1. The number of alkyl halides is 3. The van der Waals surface area contributed by atoms with Crippen molar-refractivity contribution in [1.29, 1.82) is 0 Å². The van der Waals surface area contributed by atoms with E-state index < -0.39 is 36.2 Å². The lowest BCUT2D eigenvalue weighted by Gasteiger charge is -2.15. The second-order valence-corrected chi connectivity index (χ2v) is 9.34. The highest BCUT2D eigenvalue weighted by Crippen LogP contribution is 2.24. The Morgan fingerprint density at radius 3 is 2.52 bits per heavy atom. The zero-order chi connectivity index (χ0) is 30.0. The fraction of sp³-hybridized carbons (Fsp3) is 0.154. The first-order chi connectivity index (χ1) is 20.0. The van der Waals surface area contributed by atoms with Gasteiger partial charge in [-0.3, -0.25) is 14.3 Å². The zero-order valence-electron chi connectivity index (χ0n) is 21.2. The van der Waals surface area contributed by atoms with Crippen molar-refractivity contribution >= 4 is 23.2 Å². The highest BCUT2D eigenvalue weighted by Gasteiger charge is 2.39. The molecular weight excluding hydrogens is 584 g/mol. The van der Waals surface area contributed by atoms with Crippen molar-refractivity contribution in [1.82, 2.24) is 34.1 Å². The number of amides is 1. The molecule has 5 aromatic rings. The number of halogens is 5. The molecule has 0 radical (unpaired) electrons. The first kappa shape index (κ1) is 28.6. The number of para-hydroxylation sites is 1. The Morgan fingerprint density at radius 1 is 1.07 bits per heavy atom. The van der Waals surface area contributed by atoms with Gasteiger partial charge in [0.15, 0.2) is 17.8 Å². The number of pyridine rings is 1. The number of nitrogens with one attached hydrogen (secondary N) is 1. The fourth-order valence-corrected chi connectivity index (χ4v) is 4.09. The number of aromatic nitrogens is 7. The highest BCUT2D eigenvalue weighted by molar-refractivity contribution is 6.30. The molecule has 3 aromatic heterocycles. The Morgan fingerprint density at radius 2 is 1.81 bits per heavy atom. The van der Waals surface area contributed by atoms with Crippen molar-refractivity contribution in [3.8, 4) is 17.1 Å². The van der Waals surface area contributed by atoms with Crippen molar-refractivity contribution in [2.24, 2.45) is 0 Å². The Bertz CT molecular complexity index is 1800. The van der Waals surface area contributed by atoms with E-state index in [0.29, 0.717) is 15.3 Å². The number of hydrogen-bond donors (Lipinski definition) is 2. The van der Waals surface area contributed by atoms with Crippen LogP contribution in [0.25, 0.3) is 17.1 Å². The topological polar surface area (TPSA) is 133 Å². The van der Waals surface area contributed by atoms with Crippen molar-refractivity contribution in [2.75, 3.05) is 5.32 Å². The number of hydrogen-bond acceptors (Lipinski definition) is 7.